The van der Waals surface area contributed by atoms with Crippen LogP contribution >= 0.6 is 0 Å². The smallest absolute Gasteiger partial charge is 0.295 e. The fraction of sp³-hybridized carbons (Fsp3) is 0.385. The van der Waals surface area contributed by atoms with Crippen LogP contribution < -0.4 is 4.74 Å². The zero-order valence-electron chi connectivity index (χ0n) is 19.7. The quantitative estimate of drug-likeness (QED) is 0.351. The number of likely N-dealkylation sites (tertiary alicyclic amines) is 1. The number of benzene rings is 2. The number of hydrogen-bond acceptors (Lipinski definition) is 6. The van der Waals surface area contributed by atoms with Crippen LogP contribution in [0.5, 0.6) is 11.5 Å². The molecule has 1 amide bonds. The van der Waals surface area contributed by atoms with Crippen molar-refractivity contribution in [1.82, 2.24) is 4.90 Å². The van der Waals surface area contributed by atoms with Crippen molar-refractivity contribution in [3.05, 3.63) is 64.7 Å². The molecule has 1 heterocycles. The van der Waals surface area contributed by atoms with Crippen molar-refractivity contribution in [1.29, 1.82) is 0 Å². The van der Waals surface area contributed by atoms with E-state index in [1.807, 2.05) is 34.6 Å². The number of ketones is 1. The van der Waals surface area contributed by atoms with Gasteiger partial charge in [-0.15, -0.1) is 0 Å². The molecule has 7 nitrogen and oxygen atoms in total. The molecular weight excluding hydrogens is 422 g/mol. The molecule has 1 aliphatic heterocycles. The Labute approximate surface area is 194 Å². The number of phenols is 1. The Morgan fingerprint density at radius 3 is 2.39 bits per heavy atom. The van der Waals surface area contributed by atoms with Gasteiger partial charge in [-0.1, -0.05) is 12.1 Å². The molecule has 1 saturated heterocycles. The molecule has 176 valence electrons. The van der Waals surface area contributed by atoms with Crippen molar-refractivity contribution in [2.75, 3.05) is 13.2 Å². The van der Waals surface area contributed by atoms with Gasteiger partial charge in [0.15, 0.2) is 0 Å². The summed E-state index contributed by atoms with van der Waals surface area (Å²) in [7, 11) is 0. The molecule has 1 fully saturated rings. The minimum atomic E-state index is -0.847. The molecule has 2 N–H and O–H groups in total. The van der Waals surface area contributed by atoms with Crippen molar-refractivity contribution in [2.24, 2.45) is 0 Å². The maximum Gasteiger partial charge on any atom is 0.295 e. The molecule has 0 aromatic heterocycles. The maximum atomic E-state index is 13.1. The maximum absolute atomic E-state index is 13.1. The second-order valence-electron chi connectivity index (χ2n) is 8.65. The lowest BCUT2D eigenvalue weighted by Gasteiger charge is -2.25. The molecule has 3 rings (SSSR count). The molecule has 0 spiro atoms. The minimum Gasteiger partial charge on any atom is -0.508 e. The summed E-state index contributed by atoms with van der Waals surface area (Å²) in [6.07, 6.45) is -0.0390. The third kappa shape index (κ3) is 5.37. The molecule has 7 heteroatoms. The molecule has 0 saturated carbocycles. The Hall–Kier alpha value is -3.32. The zero-order valence-corrected chi connectivity index (χ0v) is 19.7. The van der Waals surface area contributed by atoms with Crippen LogP contribution in [0.1, 0.15) is 50.4 Å². The van der Waals surface area contributed by atoms with Gasteiger partial charge in [-0.05, 0) is 76.1 Å². The average molecular weight is 454 g/mol. The van der Waals surface area contributed by atoms with E-state index in [0.29, 0.717) is 16.9 Å². The summed E-state index contributed by atoms with van der Waals surface area (Å²) in [5.41, 5.74) is 1.70. The van der Waals surface area contributed by atoms with Crippen LogP contribution in [0.25, 0.3) is 5.76 Å². The number of carbonyl (C=O) groups is 2. The number of Topliss-reactive ketones (excluding diaryl/α,β-unsaturated/α-hetero) is 1. The fourth-order valence-electron chi connectivity index (χ4n) is 3.88. The first kappa shape index (κ1) is 24.3. The summed E-state index contributed by atoms with van der Waals surface area (Å²) in [5.74, 6) is -1.08. The number of aliphatic hydroxyl groups excluding tert-OH is 1. The number of phenolic OH excluding ortho intramolecular Hbond substituents is 1. The lowest BCUT2D eigenvalue weighted by molar-refractivity contribution is -0.140. The van der Waals surface area contributed by atoms with Gasteiger partial charge in [-0.2, -0.15) is 0 Å². The Kier molecular flexibility index (Phi) is 7.43. The molecule has 1 aliphatic rings. The number of hydrogen-bond donors (Lipinski definition) is 2. The first-order valence-corrected chi connectivity index (χ1v) is 11.1. The Bertz CT molecular complexity index is 1070. The monoisotopic (exact) mass is 453 g/mol. The molecule has 33 heavy (non-hydrogen) atoms. The molecule has 2 aromatic carbocycles. The third-order valence-corrected chi connectivity index (χ3v) is 5.32. The van der Waals surface area contributed by atoms with Crippen LogP contribution in [0.2, 0.25) is 0 Å². The van der Waals surface area contributed by atoms with Crippen molar-refractivity contribution in [2.45, 2.75) is 52.9 Å². The SMILES string of the molecule is Cc1cc(/C(O)=C2/C(=O)C(=O)N(CCOC(C)C)C2c2cccc(O)c2)ccc1OC(C)C. The van der Waals surface area contributed by atoms with Gasteiger partial charge in [-0.3, -0.25) is 9.59 Å². The van der Waals surface area contributed by atoms with E-state index >= 15 is 0 Å². The molecular formula is C26H31NO6. The van der Waals surface area contributed by atoms with Crippen molar-refractivity contribution in [3.8, 4) is 11.5 Å². The molecule has 0 bridgehead atoms. The van der Waals surface area contributed by atoms with Crippen LogP contribution in [0.3, 0.4) is 0 Å². The van der Waals surface area contributed by atoms with Gasteiger partial charge < -0.3 is 24.6 Å². The number of rotatable bonds is 8. The number of nitrogens with zero attached hydrogens (tertiary/aromatic N) is 1. The summed E-state index contributed by atoms with van der Waals surface area (Å²) < 4.78 is 11.3. The summed E-state index contributed by atoms with van der Waals surface area (Å²) in [5, 5.41) is 21.2. The Morgan fingerprint density at radius 2 is 1.79 bits per heavy atom. The molecule has 1 unspecified atom stereocenters. The predicted octanol–water partition coefficient (Wildman–Crippen LogP) is 4.33. The van der Waals surface area contributed by atoms with Crippen LogP contribution in [0, 0.1) is 6.92 Å². The summed E-state index contributed by atoms with van der Waals surface area (Å²) >= 11 is 0. The third-order valence-electron chi connectivity index (χ3n) is 5.32. The van der Waals surface area contributed by atoms with Crippen molar-refractivity contribution >= 4 is 17.4 Å². The van der Waals surface area contributed by atoms with Crippen molar-refractivity contribution < 1.29 is 29.3 Å². The van der Waals surface area contributed by atoms with Gasteiger partial charge in [0.2, 0.25) is 0 Å². The second-order valence-corrected chi connectivity index (χ2v) is 8.65. The number of aryl methyl sites for hydroxylation is 1. The lowest BCUT2D eigenvalue weighted by Crippen LogP contribution is -2.33. The van der Waals surface area contributed by atoms with E-state index in [1.54, 1.807) is 30.3 Å². The highest BCUT2D eigenvalue weighted by Gasteiger charge is 2.46. The van der Waals surface area contributed by atoms with E-state index in [4.69, 9.17) is 9.47 Å². The summed E-state index contributed by atoms with van der Waals surface area (Å²) in [6, 6.07) is 10.6. The van der Waals surface area contributed by atoms with E-state index < -0.39 is 17.7 Å². The Balaban J connectivity index is 2.08. The van der Waals surface area contributed by atoms with E-state index in [9.17, 15) is 19.8 Å². The number of aromatic hydroxyl groups is 1. The lowest BCUT2D eigenvalue weighted by atomic mass is 9.94. The first-order valence-electron chi connectivity index (χ1n) is 11.1. The predicted molar refractivity (Wildman–Crippen MR) is 125 cm³/mol. The first-order chi connectivity index (χ1) is 15.6. The number of carbonyl (C=O) groups excluding carboxylic acids is 2. The summed E-state index contributed by atoms with van der Waals surface area (Å²) in [6.45, 7) is 9.87. The molecule has 0 aliphatic carbocycles. The van der Waals surface area contributed by atoms with Gasteiger partial charge in [0.05, 0.1) is 30.4 Å². The van der Waals surface area contributed by atoms with Crippen LogP contribution in [0.4, 0.5) is 0 Å². The highest BCUT2D eigenvalue weighted by atomic mass is 16.5. The van der Waals surface area contributed by atoms with Crippen LogP contribution in [0.15, 0.2) is 48.0 Å². The topological polar surface area (TPSA) is 96.3 Å². The van der Waals surface area contributed by atoms with E-state index in [-0.39, 0.29) is 42.4 Å². The van der Waals surface area contributed by atoms with E-state index in [1.165, 1.54) is 17.0 Å². The van der Waals surface area contributed by atoms with E-state index in [0.717, 1.165) is 5.56 Å². The van der Waals surface area contributed by atoms with Crippen LogP contribution in [-0.4, -0.2) is 52.2 Å². The highest BCUT2D eigenvalue weighted by molar-refractivity contribution is 6.46. The zero-order chi connectivity index (χ0) is 24.3. The van der Waals surface area contributed by atoms with Gasteiger partial charge in [0, 0.05) is 12.1 Å². The molecule has 2 aromatic rings. The highest BCUT2D eigenvalue weighted by Crippen LogP contribution is 2.40. The van der Waals surface area contributed by atoms with Crippen molar-refractivity contribution in [3.63, 3.8) is 0 Å². The molecule has 0 radical (unpaired) electrons. The van der Waals surface area contributed by atoms with E-state index in [2.05, 4.69) is 0 Å². The number of aliphatic hydroxyl groups is 1. The minimum absolute atomic E-state index is 0.00236. The normalized spacial score (nSPS) is 17.9. The van der Waals surface area contributed by atoms with Crippen LogP contribution in [-0.2, 0) is 14.3 Å². The number of amides is 1. The second kappa shape index (κ2) is 10.1. The van der Waals surface area contributed by atoms with Gasteiger partial charge in [-0.25, -0.2) is 0 Å². The summed E-state index contributed by atoms with van der Waals surface area (Å²) in [4.78, 5) is 27.4. The Morgan fingerprint density at radius 1 is 1.06 bits per heavy atom. The van der Waals surface area contributed by atoms with Gasteiger partial charge in [0.25, 0.3) is 11.7 Å². The standard InChI is InChI=1S/C26H31NO6/c1-15(2)32-12-11-27-23(18-7-6-8-20(28)14-18)22(25(30)26(27)31)24(29)19-9-10-21(17(5)13-19)33-16(3)4/h6-10,13-16,23,28-29H,11-12H2,1-5H3/b24-22-. The largest absolute Gasteiger partial charge is 0.508 e. The average Bonchev–Trinajstić information content (AvgIpc) is 2.99. The van der Waals surface area contributed by atoms with Gasteiger partial charge in [0.1, 0.15) is 17.3 Å². The fourth-order valence-corrected chi connectivity index (χ4v) is 3.88. The number of ether oxygens (including phenoxy) is 2. The van der Waals surface area contributed by atoms with Gasteiger partial charge >= 0.3 is 0 Å². The molecule has 1 atom stereocenters.